The molecule has 1 radical (unpaired) electrons. The fourth-order valence-electron chi connectivity index (χ4n) is 0.987. The summed E-state index contributed by atoms with van der Waals surface area (Å²) in [6.07, 6.45) is 0. The number of hydrogen-bond acceptors (Lipinski definition) is 1. The third kappa shape index (κ3) is 2.15. The van der Waals surface area contributed by atoms with E-state index < -0.39 is 0 Å². The minimum absolute atomic E-state index is 0.234. The lowest BCUT2D eigenvalue weighted by molar-refractivity contribution is 0.414. The third-order valence-electron chi connectivity index (χ3n) is 1.70. The first-order valence-electron chi connectivity index (χ1n) is 3.81. The molecule has 65 valence electrons. The molecule has 0 saturated heterocycles. The van der Waals surface area contributed by atoms with Gasteiger partial charge in [0.25, 0.3) is 0 Å². The van der Waals surface area contributed by atoms with Crippen LogP contribution in [0.1, 0.15) is 18.4 Å². The Labute approximate surface area is 78.3 Å². The molecule has 1 nitrogen and oxygen atoms in total. The first-order valence-corrected chi connectivity index (χ1v) is 4.19. The topological polar surface area (TPSA) is 9.23 Å². The zero-order valence-electron chi connectivity index (χ0n) is 7.30. The first-order chi connectivity index (χ1) is 5.63. The van der Waals surface area contributed by atoms with E-state index in [-0.39, 0.29) is 5.92 Å². The fourth-order valence-corrected chi connectivity index (χ4v) is 1.22. The molecule has 0 aromatic heterocycles. The van der Waals surface area contributed by atoms with E-state index in [9.17, 15) is 0 Å². The summed E-state index contributed by atoms with van der Waals surface area (Å²) in [5.74, 6) is 1.02. The minimum Gasteiger partial charge on any atom is -0.497 e. The SMILES string of the molecule is [CH2]C(C)c1cc(Cl)cc(OC)c1. The van der Waals surface area contributed by atoms with Crippen LogP contribution >= 0.6 is 11.6 Å². The molecule has 0 spiro atoms. The summed E-state index contributed by atoms with van der Waals surface area (Å²) in [7, 11) is 1.63. The summed E-state index contributed by atoms with van der Waals surface area (Å²) in [6, 6.07) is 5.64. The molecule has 0 fully saturated rings. The van der Waals surface area contributed by atoms with Gasteiger partial charge >= 0.3 is 0 Å². The largest absolute Gasteiger partial charge is 0.497 e. The monoisotopic (exact) mass is 183 g/mol. The lowest BCUT2D eigenvalue weighted by Gasteiger charge is -2.08. The van der Waals surface area contributed by atoms with Crippen LogP contribution in [0.3, 0.4) is 0 Å². The van der Waals surface area contributed by atoms with Crippen molar-refractivity contribution in [3.05, 3.63) is 35.7 Å². The van der Waals surface area contributed by atoms with Crippen LogP contribution in [-0.2, 0) is 0 Å². The molecule has 0 heterocycles. The number of ether oxygens (including phenoxy) is 1. The van der Waals surface area contributed by atoms with Crippen LogP contribution in [0.5, 0.6) is 5.75 Å². The van der Waals surface area contributed by atoms with Crippen molar-refractivity contribution in [3.8, 4) is 5.75 Å². The van der Waals surface area contributed by atoms with Gasteiger partial charge in [0.2, 0.25) is 0 Å². The Morgan fingerprint density at radius 1 is 1.42 bits per heavy atom. The third-order valence-corrected chi connectivity index (χ3v) is 1.92. The van der Waals surface area contributed by atoms with Gasteiger partial charge < -0.3 is 4.74 Å². The summed E-state index contributed by atoms with van der Waals surface area (Å²) < 4.78 is 5.07. The van der Waals surface area contributed by atoms with E-state index in [0.717, 1.165) is 11.3 Å². The highest BCUT2D eigenvalue weighted by atomic mass is 35.5. The van der Waals surface area contributed by atoms with Crippen LogP contribution in [0.2, 0.25) is 5.02 Å². The predicted octanol–water partition coefficient (Wildman–Crippen LogP) is 3.29. The highest BCUT2D eigenvalue weighted by Crippen LogP contribution is 2.25. The van der Waals surface area contributed by atoms with E-state index >= 15 is 0 Å². The Bertz CT molecular complexity index is 269. The minimum atomic E-state index is 0.234. The Balaban J connectivity index is 3.06. The van der Waals surface area contributed by atoms with E-state index in [0.29, 0.717) is 5.02 Å². The zero-order valence-corrected chi connectivity index (χ0v) is 8.06. The second-order valence-corrected chi connectivity index (χ2v) is 3.26. The molecule has 2 heteroatoms. The molecule has 0 aliphatic rings. The number of halogens is 1. The molecule has 1 atom stereocenters. The zero-order chi connectivity index (χ0) is 9.14. The average molecular weight is 184 g/mol. The lowest BCUT2D eigenvalue weighted by Crippen LogP contribution is -1.90. The molecule has 1 aromatic rings. The van der Waals surface area contributed by atoms with E-state index in [4.69, 9.17) is 16.3 Å². The van der Waals surface area contributed by atoms with Crippen molar-refractivity contribution < 1.29 is 4.74 Å². The molecule has 1 aromatic carbocycles. The molecule has 1 rings (SSSR count). The summed E-state index contributed by atoms with van der Waals surface area (Å²) in [6.45, 7) is 5.93. The lowest BCUT2D eigenvalue weighted by atomic mass is 10.0. The quantitative estimate of drug-likeness (QED) is 0.684. The summed E-state index contributed by atoms with van der Waals surface area (Å²) in [4.78, 5) is 0. The van der Waals surface area contributed by atoms with Gasteiger partial charge in [0.1, 0.15) is 5.75 Å². The van der Waals surface area contributed by atoms with Gasteiger partial charge in [-0.25, -0.2) is 0 Å². The normalized spacial score (nSPS) is 10.4. The molecule has 0 bridgehead atoms. The van der Waals surface area contributed by atoms with Gasteiger partial charge in [-0.15, -0.1) is 0 Å². The molecule has 1 unspecified atom stereocenters. The van der Waals surface area contributed by atoms with Gasteiger partial charge in [0.15, 0.2) is 0 Å². The molecule has 0 amide bonds. The van der Waals surface area contributed by atoms with Crippen LogP contribution in [0, 0.1) is 6.92 Å². The van der Waals surface area contributed by atoms with E-state index in [1.54, 1.807) is 13.2 Å². The van der Waals surface area contributed by atoms with Crippen molar-refractivity contribution in [1.29, 1.82) is 0 Å². The summed E-state index contributed by atoms with van der Waals surface area (Å²) in [5.41, 5.74) is 1.10. The number of rotatable bonds is 2. The number of methoxy groups -OCH3 is 1. The molecule has 12 heavy (non-hydrogen) atoms. The van der Waals surface area contributed by atoms with Crippen LogP contribution < -0.4 is 4.74 Å². The van der Waals surface area contributed by atoms with Gasteiger partial charge in [-0.3, -0.25) is 0 Å². The maximum Gasteiger partial charge on any atom is 0.120 e. The van der Waals surface area contributed by atoms with Gasteiger partial charge in [-0.2, -0.15) is 0 Å². The molecule has 0 saturated carbocycles. The second-order valence-electron chi connectivity index (χ2n) is 2.83. The van der Waals surface area contributed by atoms with E-state index in [1.807, 2.05) is 19.1 Å². The van der Waals surface area contributed by atoms with Crippen molar-refractivity contribution in [2.24, 2.45) is 0 Å². The Kier molecular flexibility index (Phi) is 2.99. The molecule has 0 aliphatic carbocycles. The summed E-state index contributed by atoms with van der Waals surface area (Å²) in [5, 5.41) is 0.694. The van der Waals surface area contributed by atoms with E-state index in [1.165, 1.54) is 0 Å². The molecule has 0 N–H and O–H groups in total. The molecule has 0 aliphatic heterocycles. The van der Waals surface area contributed by atoms with Gasteiger partial charge in [0, 0.05) is 5.02 Å². The van der Waals surface area contributed by atoms with Crippen LogP contribution in [0.15, 0.2) is 18.2 Å². The van der Waals surface area contributed by atoms with Crippen LogP contribution in [0.4, 0.5) is 0 Å². The highest BCUT2D eigenvalue weighted by molar-refractivity contribution is 6.30. The van der Waals surface area contributed by atoms with Crippen molar-refractivity contribution in [2.45, 2.75) is 12.8 Å². The number of hydrogen-bond donors (Lipinski definition) is 0. The average Bonchev–Trinajstić information content (AvgIpc) is 2.03. The molecular formula is C10H12ClO. The Morgan fingerprint density at radius 2 is 2.08 bits per heavy atom. The number of benzene rings is 1. The van der Waals surface area contributed by atoms with Crippen molar-refractivity contribution in [3.63, 3.8) is 0 Å². The maximum absolute atomic E-state index is 5.87. The smallest absolute Gasteiger partial charge is 0.120 e. The fraction of sp³-hybridized carbons (Fsp3) is 0.300. The Morgan fingerprint density at radius 3 is 2.58 bits per heavy atom. The maximum atomic E-state index is 5.87. The summed E-state index contributed by atoms with van der Waals surface area (Å²) >= 11 is 5.87. The standard InChI is InChI=1S/C10H12ClO/c1-7(2)8-4-9(11)6-10(5-8)12-3/h4-7H,1H2,2-3H3. The van der Waals surface area contributed by atoms with Crippen molar-refractivity contribution in [1.82, 2.24) is 0 Å². The second kappa shape index (κ2) is 3.81. The highest BCUT2D eigenvalue weighted by Gasteiger charge is 2.02. The van der Waals surface area contributed by atoms with Gasteiger partial charge in [-0.05, 0) is 36.6 Å². The van der Waals surface area contributed by atoms with Crippen LogP contribution in [0.25, 0.3) is 0 Å². The Hall–Kier alpha value is -0.690. The predicted molar refractivity (Wildman–Crippen MR) is 51.8 cm³/mol. The molecular weight excluding hydrogens is 172 g/mol. The van der Waals surface area contributed by atoms with Crippen LogP contribution in [-0.4, -0.2) is 7.11 Å². The van der Waals surface area contributed by atoms with Crippen molar-refractivity contribution in [2.75, 3.05) is 7.11 Å². The van der Waals surface area contributed by atoms with Crippen molar-refractivity contribution >= 4 is 11.6 Å². The van der Waals surface area contributed by atoms with E-state index in [2.05, 4.69) is 6.92 Å². The van der Waals surface area contributed by atoms with Gasteiger partial charge in [-0.1, -0.05) is 18.5 Å². The van der Waals surface area contributed by atoms with Gasteiger partial charge in [0.05, 0.1) is 7.11 Å². The first kappa shape index (κ1) is 9.40.